The summed E-state index contributed by atoms with van der Waals surface area (Å²) in [6.45, 7) is 11.9. The van der Waals surface area contributed by atoms with Crippen LogP contribution in [0.4, 0.5) is 0 Å². The number of amides is 1. The quantitative estimate of drug-likeness (QED) is 0.758. The molecular weight excluding hydrogens is 214 g/mol. The Morgan fingerprint density at radius 1 is 1.47 bits per heavy atom. The van der Waals surface area contributed by atoms with E-state index < -0.39 is 0 Å². The van der Waals surface area contributed by atoms with E-state index in [0.717, 1.165) is 25.9 Å². The van der Waals surface area contributed by atoms with Crippen molar-refractivity contribution in [2.24, 2.45) is 5.73 Å². The number of likely N-dealkylation sites (tertiary alicyclic amines) is 1. The van der Waals surface area contributed by atoms with Gasteiger partial charge in [0, 0.05) is 24.2 Å². The Hall–Kier alpha value is -0.610. The number of rotatable bonds is 5. The molecule has 0 aromatic heterocycles. The topological polar surface area (TPSA) is 58.4 Å². The highest BCUT2D eigenvalue weighted by molar-refractivity contribution is 5.82. The molecule has 1 saturated heterocycles. The minimum Gasteiger partial charge on any atom is -0.350 e. The molecule has 0 bridgehead atoms. The molecule has 1 aliphatic heterocycles. The molecule has 0 aromatic rings. The predicted molar refractivity (Wildman–Crippen MR) is 70.8 cm³/mol. The zero-order valence-corrected chi connectivity index (χ0v) is 11.8. The van der Waals surface area contributed by atoms with Crippen molar-refractivity contribution in [1.82, 2.24) is 10.2 Å². The molecule has 4 nitrogen and oxygen atoms in total. The van der Waals surface area contributed by atoms with E-state index in [2.05, 4.69) is 24.1 Å². The van der Waals surface area contributed by atoms with Crippen molar-refractivity contribution in [3.8, 4) is 0 Å². The lowest BCUT2D eigenvalue weighted by Gasteiger charge is -2.50. The van der Waals surface area contributed by atoms with Crippen LogP contribution >= 0.6 is 0 Å². The molecule has 100 valence electrons. The van der Waals surface area contributed by atoms with Gasteiger partial charge in [0.25, 0.3) is 0 Å². The van der Waals surface area contributed by atoms with Crippen LogP contribution in [0.15, 0.2) is 0 Å². The third kappa shape index (κ3) is 3.42. The fraction of sp³-hybridized carbons (Fsp3) is 0.923. The van der Waals surface area contributed by atoms with Crippen molar-refractivity contribution in [2.75, 3.05) is 13.1 Å². The van der Waals surface area contributed by atoms with E-state index in [1.807, 2.05) is 20.8 Å². The molecule has 0 saturated carbocycles. The predicted octanol–water partition coefficient (Wildman–Crippen LogP) is 1.10. The van der Waals surface area contributed by atoms with Crippen molar-refractivity contribution in [2.45, 2.75) is 64.6 Å². The van der Waals surface area contributed by atoms with Crippen LogP contribution < -0.4 is 11.1 Å². The zero-order chi connectivity index (χ0) is 13.3. The van der Waals surface area contributed by atoms with Gasteiger partial charge in [-0.25, -0.2) is 0 Å². The molecule has 17 heavy (non-hydrogen) atoms. The second kappa shape index (κ2) is 4.94. The first-order valence-electron chi connectivity index (χ1n) is 6.58. The van der Waals surface area contributed by atoms with Gasteiger partial charge in [-0.05, 0) is 33.6 Å². The number of hydrogen-bond donors (Lipinski definition) is 2. The van der Waals surface area contributed by atoms with Crippen LogP contribution in [0.2, 0.25) is 0 Å². The Balaban J connectivity index is 2.45. The summed E-state index contributed by atoms with van der Waals surface area (Å²) in [5.74, 6) is 0.106. The summed E-state index contributed by atoms with van der Waals surface area (Å²) in [5.41, 5.74) is 5.91. The lowest BCUT2D eigenvalue weighted by atomic mass is 9.87. The van der Waals surface area contributed by atoms with E-state index in [4.69, 9.17) is 5.73 Å². The van der Waals surface area contributed by atoms with Crippen LogP contribution in [0.25, 0.3) is 0 Å². The van der Waals surface area contributed by atoms with E-state index in [1.54, 1.807) is 0 Å². The van der Waals surface area contributed by atoms with Crippen LogP contribution in [-0.4, -0.2) is 41.0 Å². The normalized spacial score (nSPS) is 21.8. The van der Waals surface area contributed by atoms with Gasteiger partial charge in [-0.3, -0.25) is 9.69 Å². The molecule has 0 aliphatic carbocycles. The van der Waals surface area contributed by atoms with Crippen molar-refractivity contribution < 1.29 is 4.79 Å². The van der Waals surface area contributed by atoms with Gasteiger partial charge in [0.15, 0.2) is 0 Å². The van der Waals surface area contributed by atoms with Crippen molar-refractivity contribution in [3.05, 3.63) is 0 Å². The van der Waals surface area contributed by atoms with Crippen LogP contribution in [-0.2, 0) is 4.79 Å². The molecule has 1 unspecified atom stereocenters. The summed E-state index contributed by atoms with van der Waals surface area (Å²) in [7, 11) is 0. The lowest BCUT2D eigenvalue weighted by Crippen LogP contribution is -2.70. The molecular formula is C13H27N3O. The number of nitrogens with one attached hydrogen (secondary N) is 1. The first kappa shape index (κ1) is 14.5. The highest BCUT2D eigenvalue weighted by Gasteiger charge is 2.42. The maximum atomic E-state index is 12.1. The number of nitrogens with two attached hydrogens (primary N) is 1. The second-order valence-electron chi connectivity index (χ2n) is 6.02. The van der Waals surface area contributed by atoms with Gasteiger partial charge in [-0.1, -0.05) is 13.8 Å². The Kier molecular flexibility index (Phi) is 4.20. The van der Waals surface area contributed by atoms with E-state index in [0.29, 0.717) is 0 Å². The highest BCUT2D eigenvalue weighted by atomic mass is 16.2. The summed E-state index contributed by atoms with van der Waals surface area (Å²) in [6, 6.07) is -0.0796. The molecule has 1 rings (SSSR count). The molecule has 0 radical (unpaired) electrons. The average Bonchev–Trinajstić information content (AvgIpc) is 2.23. The molecule has 3 N–H and O–H groups in total. The average molecular weight is 241 g/mol. The summed E-state index contributed by atoms with van der Waals surface area (Å²) in [6.07, 6.45) is 1.90. The SMILES string of the molecule is CCC1(N)CN(C(C)C(=O)NC(C)(C)CC)C1. The van der Waals surface area contributed by atoms with Gasteiger partial charge < -0.3 is 11.1 Å². The van der Waals surface area contributed by atoms with Crippen LogP contribution in [0, 0.1) is 0 Å². The number of carbonyl (C=O) groups is 1. The largest absolute Gasteiger partial charge is 0.350 e. The Bertz CT molecular complexity index is 282. The summed E-state index contributed by atoms with van der Waals surface area (Å²) < 4.78 is 0. The lowest BCUT2D eigenvalue weighted by molar-refractivity contribution is -0.130. The minimum atomic E-state index is -0.124. The molecule has 1 amide bonds. The first-order chi connectivity index (χ1) is 7.73. The fourth-order valence-electron chi connectivity index (χ4n) is 1.95. The van der Waals surface area contributed by atoms with E-state index in [1.165, 1.54) is 0 Å². The maximum Gasteiger partial charge on any atom is 0.237 e. The van der Waals surface area contributed by atoms with Gasteiger partial charge in [-0.15, -0.1) is 0 Å². The first-order valence-corrected chi connectivity index (χ1v) is 6.58. The molecule has 1 heterocycles. The summed E-state index contributed by atoms with van der Waals surface area (Å²) in [5, 5.41) is 3.08. The van der Waals surface area contributed by atoms with E-state index in [-0.39, 0.29) is 23.0 Å². The number of hydrogen-bond acceptors (Lipinski definition) is 3. The smallest absolute Gasteiger partial charge is 0.237 e. The zero-order valence-electron chi connectivity index (χ0n) is 11.8. The third-order valence-electron chi connectivity index (χ3n) is 4.01. The van der Waals surface area contributed by atoms with Crippen molar-refractivity contribution >= 4 is 5.91 Å². The molecule has 1 atom stereocenters. The van der Waals surface area contributed by atoms with Gasteiger partial charge in [0.2, 0.25) is 5.91 Å². The van der Waals surface area contributed by atoms with Crippen molar-refractivity contribution in [1.29, 1.82) is 0 Å². The third-order valence-corrected chi connectivity index (χ3v) is 4.01. The van der Waals surface area contributed by atoms with Gasteiger partial charge in [0.05, 0.1) is 6.04 Å². The van der Waals surface area contributed by atoms with Crippen LogP contribution in [0.1, 0.15) is 47.5 Å². The highest BCUT2D eigenvalue weighted by Crippen LogP contribution is 2.24. The van der Waals surface area contributed by atoms with Gasteiger partial charge in [-0.2, -0.15) is 0 Å². The molecule has 1 aliphatic rings. The standard InChI is InChI=1S/C13H27N3O/c1-6-12(4,5)15-11(17)10(3)16-8-13(14,7-2)9-16/h10H,6-9,14H2,1-5H3,(H,15,17). The molecule has 0 spiro atoms. The fourth-order valence-corrected chi connectivity index (χ4v) is 1.95. The molecule has 1 fully saturated rings. The maximum absolute atomic E-state index is 12.1. The Labute approximate surface area is 105 Å². The Morgan fingerprint density at radius 3 is 2.41 bits per heavy atom. The van der Waals surface area contributed by atoms with Gasteiger partial charge in [0.1, 0.15) is 0 Å². The minimum absolute atomic E-state index is 0.0746. The molecule has 4 heteroatoms. The summed E-state index contributed by atoms with van der Waals surface area (Å²) >= 11 is 0. The van der Waals surface area contributed by atoms with Gasteiger partial charge >= 0.3 is 0 Å². The van der Waals surface area contributed by atoms with Crippen LogP contribution in [0.5, 0.6) is 0 Å². The van der Waals surface area contributed by atoms with Crippen LogP contribution in [0.3, 0.4) is 0 Å². The van der Waals surface area contributed by atoms with Crippen molar-refractivity contribution in [3.63, 3.8) is 0 Å². The Morgan fingerprint density at radius 2 is 2.00 bits per heavy atom. The second-order valence-corrected chi connectivity index (χ2v) is 6.02. The van der Waals surface area contributed by atoms with E-state index >= 15 is 0 Å². The van der Waals surface area contributed by atoms with E-state index in [9.17, 15) is 4.79 Å². The number of nitrogens with zero attached hydrogens (tertiary/aromatic N) is 1. The molecule has 0 aromatic carbocycles. The summed E-state index contributed by atoms with van der Waals surface area (Å²) in [4.78, 5) is 14.2. The monoisotopic (exact) mass is 241 g/mol. The number of carbonyl (C=O) groups excluding carboxylic acids is 1.